The van der Waals surface area contributed by atoms with Crippen molar-refractivity contribution in [3.63, 3.8) is 0 Å². The van der Waals surface area contributed by atoms with E-state index in [1.54, 1.807) is 0 Å². The average Bonchev–Trinajstić information content (AvgIpc) is 2.40. The van der Waals surface area contributed by atoms with Gasteiger partial charge in [0.15, 0.2) is 0 Å². The lowest BCUT2D eigenvalue weighted by atomic mass is 9.86. The molecular formula is C15H28N2O. The van der Waals surface area contributed by atoms with Crippen LogP contribution in [0.3, 0.4) is 0 Å². The van der Waals surface area contributed by atoms with E-state index < -0.39 is 0 Å². The summed E-state index contributed by atoms with van der Waals surface area (Å²) in [5.74, 6) is 1.66. The number of nitrogens with one attached hydrogen (secondary N) is 2. The number of carbonyl (C=O) groups excluding carboxylic acids is 1. The molecule has 2 fully saturated rings. The van der Waals surface area contributed by atoms with Gasteiger partial charge in [0.1, 0.15) is 0 Å². The highest BCUT2D eigenvalue weighted by atomic mass is 16.1. The molecule has 3 nitrogen and oxygen atoms in total. The van der Waals surface area contributed by atoms with E-state index in [2.05, 4.69) is 17.6 Å². The predicted molar refractivity (Wildman–Crippen MR) is 74.4 cm³/mol. The molecule has 2 rings (SSSR count). The number of hydrogen-bond acceptors (Lipinski definition) is 2. The van der Waals surface area contributed by atoms with Gasteiger partial charge in [-0.3, -0.25) is 4.79 Å². The number of amides is 1. The van der Waals surface area contributed by atoms with E-state index in [1.807, 2.05) is 0 Å². The van der Waals surface area contributed by atoms with E-state index in [0.29, 0.717) is 12.0 Å². The van der Waals surface area contributed by atoms with Gasteiger partial charge in [-0.25, -0.2) is 0 Å². The minimum absolute atomic E-state index is 0.277. The monoisotopic (exact) mass is 252 g/mol. The van der Waals surface area contributed by atoms with E-state index >= 15 is 0 Å². The quantitative estimate of drug-likeness (QED) is 0.807. The molecular weight excluding hydrogens is 224 g/mol. The molecule has 2 aliphatic rings. The van der Waals surface area contributed by atoms with Crippen LogP contribution in [-0.4, -0.2) is 25.0 Å². The highest BCUT2D eigenvalue weighted by Crippen LogP contribution is 2.27. The van der Waals surface area contributed by atoms with Gasteiger partial charge in [0.05, 0.1) is 0 Å². The lowest BCUT2D eigenvalue weighted by Gasteiger charge is -2.30. The molecule has 2 N–H and O–H groups in total. The first-order valence-electron chi connectivity index (χ1n) is 7.76. The lowest BCUT2D eigenvalue weighted by Crippen LogP contribution is -2.48. The molecule has 1 aliphatic carbocycles. The second kappa shape index (κ2) is 7.13. The van der Waals surface area contributed by atoms with Crippen molar-refractivity contribution in [2.45, 2.75) is 64.3 Å². The summed E-state index contributed by atoms with van der Waals surface area (Å²) in [7, 11) is 0. The Morgan fingerprint density at radius 2 is 2.00 bits per heavy atom. The van der Waals surface area contributed by atoms with Gasteiger partial charge in [0.2, 0.25) is 5.91 Å². The molecule has 0 spiro atoms. The summed E-state index contributed by atoms with van der Waals surface area (Å²) < 4.78 is 0. The summed E-state index contributed by atoms with van der Waals surface area (Å²) in [6.45, 7) is 4.30. The lowest BCUT2D eigenvalue weighted by molar-refractivity contribution is -0.122. The molecule has 0 aromatic rings. The first-order valence-corrected chi connectivity index (χ1v) is 7.76. The van der Waals surface area contributed by atoms with Crippen LogP contribution in [0.1, 0.15) is 58.3 Å². The molecule has 1 aliphatic heterocycles. The van der Waals surface area contributed by atoms with Crippen LogP contribution in [0, 0.1) is 11.8 Å². The summed E-state index contributed by atoms with van der Waals surface area (Å²) in [6.07, 6.45) is 9.75. The van der Waals surface area contributed by atoms with Gasteiger partial charge in [-0.1, -0.05) is 39.0 Å². The largest absolute Gasteiger partial charge is 0.353 e. The van der Waals surface area contributed by atoms with Gasteiger partial charge in [-0.2, -0.15) is 0 Å². The summed E-state index contributed by atoms with van der Waals surface area (Å²) in [6, 6.07) is 0.394. The summed E-state index contributed by atoms with van der Waals surface area (Å²) in [4.78, 5) is 12.0. The molecule has 104 valence electrons. The Morgan fingerprint density at radius 3 is 2.72 bits per heavy atom. The fourth-order valence-corrected chi connectivity index (χ4v) is 3.32. The zero-order valence-corrected chi connectivity index (χ0v) is 11.7. The van der Waals surface area contributed by atoms with Gasteiger partial charge in [-0.05, 0) is 37.8 Å². The molecule has 1 heterocycles. The van der Waals surface area contributed by atoms with Gasteiger partial charge < -0.3 is 10.6 Å². The van der Waals surface area contributed by atoms with Crippen LogP contribution in [0.15, 0.2) is 0 Å². The van der Waals surface area contributed by atoms with Crippen molar-refractivity contribution < 1.29 is 4.79 Å². The highest BCUT2D eigenvalue weighted by Gasteiger charge is 2.23. The van der Waals surface area contributed by atoms with Crippen molar-refractivity contribution in [1.29, 1.82) is 0 Å². The van der Waals surface area contributed by atoms with Crippen molar-refractivity contribution in [3.8, 4) is 0 Å². The third kappa shape index (κ3) is 4.27. The van der Waals surface area contributed by atoms with Crippen molar-refractivity contribution >= 4 is 5.91 Å². The highest BCUT2D eigenvalue weighted by molar-refractivity contribution is 5.76. The van der Waals surface area contributed by atoms with Crippen LogP contribution in [0.4, 0.5) is 0 Å². The van der Waals surface area contributed by atoms with Gasteiger partial charge in [-0.15, -0.1) is 0 Å². The van der Waals surface area contributed by atoms with Crippen molar-refractivity contribution in [1.82, 2.24) is 10.6 Å². The van der Waals surface area contributed by atoms with E-state index in [0.717, 1.165) is 38.3 Å². The SMILES string of the molecule is CC1CNCCC1NC(=O)CCC1CCCCC1. The molecule has 0 aromatic heterocycles. The number of hydrogen-bond donors (Lipinski definition) is 2. The molecule has 1 amide bonds. The fourth-order valence-electron chi connectivity index (χ4n) is 3.32. The van der Waals surface area contributed by atoms with Crippen LogP contribution in [-0.2, 0) is 4.79 Å². The van der Waals surface area contributed by atoms with Crippen molar-refractivity contribution in [2.75, 3.05) is 13.1 Å². The Labute approximate surface area is 111 Å². The van der Waals surface area contributed by atoms with E-state index in [9.17, 15) is 4.79 Å². The minimum Gasteiger partial charge on any atom is -0.353 e. The predicted octanol–water partition coefficient (Wildman–Crippen LogP) is 2.46. The van der Waals surface area contributed by atoms with Crippen LogP contribution in [0.25, 0.3) is 0 Å². The maximum absolute atomic E-state index is 12.0. The summed E-state index contributed by atoms with van der Waals surface area (Å²) in [5.41, 5.74) is 0. The first kappa shape index (κ1) is 13.9. The topological polar surface area (TPSA) is 41.1 Å². The van der Waals surface area contributed by atoms with Crippen LogP contribution in [0.5, 0.6) is 0 Å². The van der Waals surface area contributed by atoms with E-state index in [-0.39, 0.29) is 5.91 Å². The smallest absolute Gasteiger partial charge is 0.220 e. The molecule has 2 unspecified atom stereocenters. The Bertz CT molecular complexity index is 261. The molecule has 0 radical (unpaired) electrons. The van der Waals surface area contributed by atoms with Crippen molar-refractivity contribution in [2.24, 2.45) is 11.8 Å². The van der Waals surface area contributed by atoms with Crippen LogP contribution < -0.4 is 10.6 Å². The fraction of sp³-hybridized carbons (Fsp3) is 0.933. The third-order valence-corrected chi connectivity index (χ3v) is 4.64. The zero-order valence-electron chi connectivity index (χ0n) is 11.7. The maximum atomic E-state index is 12.0. The van der Waals surface area contributed by atoms with Crippen molar-refractivity contribution in [3.05, 3.63) is 0 Å². The Hall–Kier alpha value is -0.570. The molecule has 0 bridgehead atoms. The second-order valence-corrected chi connectivity index (χ2v) is 6.19. The van der Waals surface area contributed by atoms with Gasteiger partial charge in [0.25, 0.3) is 0 Å². The van der Waals surface area contributed by atoms with Crippen LogP contribution in [0.2, 0.25) is 0 Å². The summed E-state index contributed by atoms with van der Waals surface area (Å²) >= 11 is 0. The third-order valence-electron chi connectivity index (χ3n) is 4.64. The molecule has 0 aromatic carbocycles. The molecule has 2 atom stereocenters. The second-order valence-electron chi connectivity index (χ2n) is 6.19. The maximum Gasteiger partial charge on any atom is 0.220 e. The molecule has 1 saturated carbocycles. The van der Waals surface area contributed by atoms with Gasteiger partial charge in [0, 0.05) is 12.5 Å². The first-order chi connectivity index (χ1) is 8.75. The Kier molecular flexibility index (Phi) is 5.48. The van der Waals surface area contributed by atoms with Gasteiger partial charge >= 0.3 is 0 Å². The van der Waals surface area contributed by atoms with E-state index in [4.69, 9.17) is 0 Å². The summed E-state index contributed by atoms with van der Waals surface area (Å²) in [5, 5.41) is 6.60. The van der Waals surface area contributed by atoms with E-state index in [1.165, 1.54) is 32.1 Å². The Balaban J connectivity index is 1.64. The number of piperidine rings is 1. The Morgan fingerprint density at radius 1 is 1.22 bits per heavy atom. The normalized spacial score (nSPS) is 30.1. The molecule has 1 saturated heterocycles. The average molecular weight is 252 g/mol. The minimum atomic E-state index is 0.277. The molecule has 18 heavy (non-hydrogen) atoms. The number of carbonyl (C=O) groups is 1. The zero-order chi connectivity index (χ0) is 12.8. The van der Waals surface area contributed by atoms with Crippen LogP contribution >= 0.6 is 0 Å². The molecule has 3 heteroatoms. The standard InChI is InChI=1S/C15H28N2O/c1-12-11-16-10-9-14(12)17-15(18)8-7-13-5-3-2-4-6-13/h12-14,16H,2-11H2,1H3,(H,17,18). The number of rotatable bonds is 4.